The number of carbonyl (C=O) groups is 1. The van der Waals surface area contributed by atoms with Crippen LogP contribution in [0, 0.1) is 0 Å². The second kappa shape index (κ2) is 2.72. The van der Waals surface area contributed by atoms with E-state index in [0.29, 0.717) is 0 Å². The highest BCUT2D eigenvalue weighted by molar-refractivity contribution is 6.42. The molecule has 3 heteroatoms. The van der Waals surface area contributed by atoms with Crippen LogP contribution < -0.4 is 0 Å². The molecule has 0 saturated carbocycles. The van der Waals surface area contributed by atoms with Crippen molar-refractivity contribution in [3.63, 3.8) is 0 Å². The lowest BCUT2D eigenvalue weighted by atomic mass is 10.4. The van der Waals surface area contributed by atoms with Crippen LogP contribution in [0.3, 0.4) is 0 Å². The Bertz CT molecular complexity index is 133. The monoisotopic (exact) mass is 134 g/mol. The average molecular weight is 135 g/mol. The molecule has 0 atom stereocenters. The number of ketones is 1. The standard InChI is InChI=1S/C5H7ClO2/c1-3(7)5(6)4(2)8/h7H,1-2H3/b5-3-. The van der Waals surface area contributed by atoms with E-state index in [-0.39, 0.29) is 16.6 Å². The van der Waals surface area contributed by atoms with Crippen molar-refractivity contribution in [2.24, 2.45) is 0 Å². The third kappa shape index (κ3) is 1.98. The van der Waals surface area contributed by atoms with E-state index in [1.807, 2.05) is 0 Å². The molecule has 0 spiro atoms. The number of allylic oxidation sites excluding steroid dienone is 2. The van der Waals surface area contributed by atoms with Gasteiger partial charge in [0.25, 0.3) is 0 Å². The molecule has 0 rings (SSSR count). The zero-order valence-corrected chi connectivity index (χ0v) is 5.49. The average Bonchev–Trinajstić information content (AvgIpc) is 1.64. The Morgan fingerprint density at radius 1 is 1.50 bits per heavy atom. The second-order valence-corrected chi connectivity index (χ2v) is 1.83. The zero-order chi connectivity index (χ0) is 6.73. The highest BCUT2D eigenvalue weighted by Crippen LogP contribution is 2.06. The van der Waals surface area contributed by atoms with Crippen molar-refractivity contribution in [3.8, 4) is 0 Å². The summed E-state index contributed by atoms with van der Waals surface area (Å²) in [5.41, 5.74) is 0. The number of hydrogen-bond acceptors (Lipinski definition) is 2. The van der Waals surface area contributed by atoms with Crippen LogP contribution in [-0.2, 0) is 4.79 Å². The minimum Gasteiger partial charge on any atom is -0.511 e. The molecule has 0 aliphatic carbocycles. The van der Waals surface area contributed by atoms with Gasteiger partial charge in [-0.05, 0) is 6.92 Å². The fourth-order valence-corrected chi connectivity index (χ4v) is 0.255. The first-order valence-electron chi connectivity index (χ1n) is 2.12. The number of halogens is 1. The van der Waals surface area contributed by atoms with Crippen molar-refractivity contribution in [1.29, 1.82) is 0 Å². The van der Waals surface area contributed by atoms with Gasteiger partial charge in [0, 0.05) is 6.92 Å². The first kappa shape index (κ1) is 7.50. The largest absolute Gasteiger partial charge is 0.511 e. The van der Waals surface area contributed by atoms with Crippen LogP contribution in [0.4, 0.5) is 0 Å². The van der Waals surface area contributed by atoms with Crippen LogP contribution in [0.25, 0.3) is 0 Å². The maximum atomic E-state index is 10.2. The number of aliphatic hydroxyl groups excluding tert-OH is 1. The van der Waals surface area contributed by atoms with Gasteiger partial charge < -0.3 is 5.11 Å². The van der Waals surface area contributed by atoms with Crippen LogP contribution in [0.2, 0.25) is 0 Å². The van der Waals surface area contributed by atoms with Crippen LogP contribution in [-0.4, -0.2) is 10.9 Å². The lowest BCUT2D eigenvalue weighted by Crippen LogP contribution is -1.91. The molecule has 1 N–H and O–H groups in total. The Morgan fingerprint density at radius 2 is 1.88 bits per heavy atom. The summed E-state index contributed by atoms with van der Waals surface area (Å²) in [4.78, 5) is 10.2. The molecule has 8 heavy (non-hydrogen) atoms. The number of rotatable bonds is 1. The van der Waals surface area contributed by atoms with E-state index in [0.717, 1.165) is 0 Å². The summed E-state index contributed by atoms with van der Waals surface area (Å²) in [6.45, 7) is 2.66. The van der Waals surface area contributed by atoms with Crippen LogP contribution in [0.1, 0.15) is 13.8 Å². The summed E-state index contributed by atoms with van der Waals surface area (Å²) in [5.74, 6) is -0.439. The number of aliphatic hydroxyl groups is 1. The van der Waals surface area contributed by atoms with Crippen LogP contribution in [0.5, 0.6) is 0 Å². The van der Waals surface area contributed by atoms with Crippen molar-refractivity contribution >= 4 is 17.4 Å². The van der Waals surface area contributed by atoms with E-state index in [2.05, 4.69) is 0 Å². The molecule has 0 fully saturated rings. The summed E-state index contributed by atoms with van der Waals surface area (Å²) in [6.07, 6.45) is 0. The molecule has 0 heterocycles. The first-order valence-corrected chi connectivity index (χ1v) is 2.49. The fourth-order valence-electron chi connectivity index (χ4n) is 0.255. The molecule has 0 aliphatic rings. The summed E-state index contributed by atoms with van der Waals surface area (Å²) >= 11 is 5.23. The molecule has 0 amide bonds. The maximum Gasteiger partial charge on any atom is 0.174 e. The molecule has 0 saturated heterocycles. The van der Waals surface area contributed by atoms with Crippen molar-refractivity contribution in [1.82, 2.24) is 0 Å². The van der Waals surface area contributed by atoms with Crippen molar-refractivity contribution in [2.45, 2.75) is 13.8 Å². The van der Waals surface area contributed by atoms with Crippen molar-refractivity contribution < 1.29 is 9.90 Å². The van der Waals surface area contributed by atoms with Crippen molar-refractivity contribution in [3.05, 3.63) is 10.8 Å². The summed E-state index contributed by atoms with van der Waals surface area (Å²) in [7, 11) is 0. The first-order chi connectivity index (χ1) is 3.55. The normalized spacial score (nSPS) is 12.9. The van der Waals surface area contributed by atoms with E-state index in [9.17, 15) is 4.79 Å². The lowest BCUT2D eigenvalue weighted by Gasteiger charge is -1.90. The third-order valence-corrected chi connectivity index (χ3v) is 1.17. The third-order valence-electron chi connectivity index (χ3n) is 0.627. The summed E-state index contributed by atoms with van der Waals surface area (Å²) < 4.78 is 0. The predicted molar refractivity (Wildman–Crippen MR) is 31.9 cm³/mol. The number of carbonyl (C=O) groups excluding carboxylic acids is 1. The number of Topliss-reactive ketones (excluding diaryl/α,β-unsaturated/α-hetero) is 1. The molecule has 2 nitrogen and oxygen atoms in total. The molecule has 0 aromatic heterocycles. The Labute approximate surface area is 52.8 Å². The van der Waals surface area contributed by atoms with Crippen LogP contribution in [0.15, 0.2) is 10.8 Å². The maximum absolute atomic E-state index is 10.2. The topological polar surface area (TPSA) is 37.3 Å². The highest BCUT2D eigenvalue weighted by atomic mass is 35.5. The molecule has 0 radical (unpaired) electrons. The van der Waals surface area contributed by atoms with E-state index < -0.39 is 0 Å². The molecular formula is C5H7ClO2. The van der Waals surface area contributed by atoms with Gasteiger partial charge in [0.05, 0.1) is 0 Å². The predicted octanol–water partition coefficient (Wildman–Crippen LogP) is 1.60. The second-order valence-electron chi connectivity index (χ2n) is 1.46. The minimum atomic E-state index is -0.313. The van der Waals surface area contributed by atoms with E-state index in [1.165, 1.54) is 13.8 Å². The molecule has 0 bridgehead atoms. The lowest BCUT2D eigenvalue weighted by molar-refractivity contribution is -0.113. The quantitative estimate of drug-likeness (QED) is 0.437. The molecule has 46 valence electrons. The summed E-state index contributed by atoms with van der Waals surface area (Å²) in [5, 5.41) is 8.43. The van der Waals surface area contributed by atoms with E-state index >= 15 is 0 Å². The van der Waals surface area contributed by atoms with Gasteiger partial charge >= 0.3 is 0 Å². The van der Waals surface area contributed by atoms with E-state index in [4.69, 9.17) is 16.7 Å². The van der Waals surface area contributed by atoms with Gasteiger partial charge in [0.2, 0.25) is 0 Å². The van der Waals surface area contributed by atoms with Gasteiger partial charge in [0.15, 0.2) is 5.78 Å². The Balaban J connectivity index is 4.23. The minimum absolute atomic E-state index is 0.0926. The molecule has 0 aliphatic heterocycles. The van der Waals surface area contributed by atoms with Gasteiger partial charge in [-0.25, -0.2) is 0 Å². The molecular weight excluding hydrogens is 128 g/mol. The van der Waals surface area contributed by atoms with Gasteiger partial charge in [0.1, 0.15) is 10.8 Å². The summed E-state index contributed by atoms with van der Waals surface area (Å²) in [6, 6.07) is 0. The Hall–Kier alpha value is -0.500. The van der Waals surface area contributed by atoms with Gasteiger partial charge in [-0.3, -0.25) is 4.79 Å². The number of hydrogen-bond donors (Lipinski definition) is 1. The van der Waals surface area contributed by atoms with Crippen molar-refractivity contribution in [2.75, 3.05) is 0 Å². The zero-order valence-electron chi connectivity index (χ0n) is 4.73. The molecule has 0 aromatic carbocycles. The highest BCUT2D eigenvalue weighted by Gasteiger charge is 2.01. The van der Waals surface area contributed by atoms with Gasteiger partial charge in [-0.1, -0.05) is 11.6 Å². The molecule has 0 unspecified atom stereocenters. The smallest absolute Gasteiger partial charge is 0.174 e. The van der Waals surface area contributed by atoms with E-state index in [1.54, 1.807) is 0 Å². The van der Waals surface area contributed by atoms with Gasteiger partial charge in [-0.15, -0.1) is 0 Å². The molecule has 0 aromatic rings. The Morgan fingerprint density at radius 3 is 1.88 bits per heavy atom. The van der Waals surface area contributed by atoms with Crippen LogP contribution >= 0.6 is 11.6 Å². The Kier molecular flexibility index (Phi) is 2.55. The van der Waals surface area contributed by atoms with Gasteiger partial charge in [-0.2, -0.15) is 0 Å². The fraction of sp³-hybridized carbons (Fsp3) is 0.400. The SMILES string of the molecule is CC(=O)/C(Cl)=C(\C)O.